The van der Waals surface area contributed by atoms with Gasteiger partial charge in [-0.1, -0.05) is 42.5 Å². The van der Waals surface area contributed by atoms with Crippen molar-refractivity contribution in [3.8, 4) is 11.1 Å². The molecule has 0 spiro atoms. The van der Waals surface area contributed by atoms with E-state index in [0.717, 1.165) is 0 Å². The maximum atomic E-state index is 5.89. The van der Waals surface area contributed by atoms with Crippen LogP contribution < -0.4 is 5.73 Å². The summed E-state index contributed by atoms with van der Waals surface area (Å²) in [5, 5.41) is 0. The number of benzene rings is 2. The Morgan fingerprint density at radius 3 is 2.16 bits per heavy atom. The number of hydrogen-bond acceptors (Lipinski definition) is 1. The maximum Gasteiger partial charge on any atom is 0.0266 e. The molecule has 0 saturated carbocycles. The van der Waals surface area contributed by atoms with E-state index in [1.54, 1.807) is 11.1 Å². The number of nitrogens with two attached hydrogens (primary N) is 1. The molecule has 1 heteroatoms. The van der Waals surface area contributed by atoms with Gasteiger partial charge in [-0.15, -0.1) is 0 Å². The lowest BCUT2D eigenvalue weighted by molar-refractivity contribution is 0.686. The summed E-state index contributed by atoms with van der Waals surface area (Å²) in [6.07, 6.45) is 5.16. The Bertz CT molecular complexity index is 567. The van der Waals surface area contributed by atoms with Crippen molar-refractivity contribution in [2.45, 2.75) is 38.6 Å². The monoisotopic (exact) mass is 251 g/mol. The molecule has 98 valence electrons. The molecule has 1 unspecified atom stereocenters. The summed E-state index contributed by atoms with van der Waals surface area (Å²) in [6, 6.07) is 15.7. The first-order chi connectivity index (χ1) is 9.24. The second-order valence-corrected chi connectivity index (χ2v) is 5.60. The normalized spacial score (nSPS) is 15.9. The van der Waals surface area contributed by atoms with Gasteiger partial charge in [0, 0.05) is 6.04 Å². The molecule has 1 nitrogen and oxygen atoms in total. The quantitative estimate of drug-likeness (QED) is 0.848. The number of hydrogen-bond donors (Lipinski definition) is 1. The molecule has 0 radical (unpaired) electrons. The highest BCUT2D eigenvalue weighted by Gasteiger charge is 2.10. The summed E-state index contributed by atoms with van der Waals surface area (Å²) in [5.74, 6) is 0. The first-order valence-corrected chi connectivity index (χ1v) is 7.22. The fraction of sp³-hybridized carbons (Fsp3) is 0.333. The molecule has 0 aliphatic heterocycles. The fourth-order valence-electron chi connectivity index (χ4n) is 2.89. The van der Waals surface area contributed by atoms with E-state index in [1.807, 2.05) is 6.92 Å². The van der Waals surface area contributed by atoms with Gasteiger partial charge < -0.3 is 5.73 Å². The third kappa shape index (κ3) is 2.57. The van der Waals surface area contributed by atoms with Gasteiger partial charge in [-0.05, 0) is 60.4 Å². The number of fused-ring (bicyclic) bond motifs is 1. The van der Waals surface area contributed by atoms with E-state index in [4.69, 9.17) is 5.73 Å². The highest BCUT2D eigenvalue weighted by Crippen LogP contribution is 2.28. The molecule has 0 aromatic heterocycles. The zero-order chi connectivity index (χ0) is 13.2. The lowest BCUT2D eigenvalue weighted by Gasteiger charge is -2.17. The fourth-order valence-corrected chi connectivity index (χ4v) is 2.89. The van der Waals surface area contributed by atoms with Crippen LogP contribution in [0.2, 0.25) is 0 Å². The Labute approximate surface area is 115 Å². The molecule has 1 aliphatic rings. The first-order valence-electron chi connectivity index (χ1n) is 7.22. The molecule has 0 heterocycles. The van der Waals surface area contributed by atoms with Crippen LogP contribution in [-0.4, -0.2) is 0 Å². The van der Waals surface area contributed by atoms with Crippen LogP contribution in [0.5, 0.6) is 0 Å². The van der Waals surface area contributed by atoms with Crippen molar-refractivity contribution in [2.24, 2.45) is 5.73 Å². The van der Waals surface area contributed by atoms with Crippen LogP contribution in [0, 0.1) is 0 Å². The Morgan fingerprint density at radius 1 is 0.842 bits per heavy atom. The number of aryl methyl sites for hydroxylation is 2. The van der Waals surface area contributed by atoms with Crippen LogP contribution in [0.1, 0.15) is 42.5 Å². The van der Waals surface area contributed by atoms with Crippen molar-refractivity contribution < 1.29 is 0 Å². The van der Waals surface area contributed by atoms with Crippen LogP contribution >= 0.6 is 0 Å². The summed E-state index contributed by atoms with van der Waals surface area (Å²) in [7, 11) is 0. The standard InChI is InChI=1S/C18H21N/c1-13(19)14-6-8-16(9-7-14)18-11-10-15-4-2-3-5-17(15)12-18/h6-13H,2-5,19H2,1H3. The second kappa shape index (κ2) is 5.18. The van der Waals surface area contributed by atoms with Crippen molar-refractivity contribution in [2.75, 3.05) is 0 Å². The first kappa shape index (κ1) is 12.4. The van der Waals surface area contributed by atoms with E-state index >= 15 is 0 Å². The predicted octanol–water partition coefficient (Wildman–Crippen LogP) is 4.25. The lowest BCUT2D eigenvalue weighted by Crippen LogP contribution is -2.04. The molecular weight excluding hydrogens is 230 g/mol. The molecule has 19 heavy (non-hydrogen) atoms. The Balaban J connectivity index is 1.93. The zero-order valence-corrected chi connectivity index (χ0v) is 11.5. The van der Waals surface area contributed by atoms with Gasteiger partial charge in [0.25, 0.3) is 0 Å². The molecule has 1 aliphatic carbocycles. The third-order valence-electron chi connectivity index (χ3n) is 4.12. The summed E-state index contributed by atoms with van der Waals surface area (Å²) in [6.45, 7) is 2.02. The Kier molecular flexibility index (Phi) is 3.39. The molecule has 0 bridgehead atoms. The summed E-state index contributed by atoms with van der Waals surface area (Å²) >= 11 is 0. The van der Waals surface area contributed by atoms with E-state index in [9.17, 15) is 0 Å². The van der Waals surface area contributed by atoms with Gasteiger partial charge in [-0.25, -0.2) is 0 Å². The summed E-state index contributed by atoms with van der Waals surface area (Å²) in [4.78, 5) is 0. The van der Waals surface area contributed by atoms with E-state index in [2.05, 4.69) is 42.5 Å². The van der Waals surface area contributed by atoms with Gasteiger partial charge in [0.15, 0.2) is 0 Å². The Morgan fingerprint density at radius 2 is 1.47 bits per heavy atom. The highest BCUT2D eigenvalue weighted by molar-refractivity contribution is 5.65. The lowest BCUT2D eigenvalue weighted by atomic mass is 9.89. The molecule has 3 rings (SSSR count). The van der Waals surface area contributed by atoms with E-state index < -0.39 is 0 Å². The van der Waals surface area contributed by atoms with E-state index in [-0.39, 0.29) is 6.04 Å². The molecule has 0 fully saturated rings. The van der Waals surface area contributed by atoms with E-state index in [1.165, 1.54) is 42.4 Å². The van der Waals surface area contributed by atoms with Gasteiger partial charge in [-0.2, -0.15) is 0 Å². The average molecular weight is 251 g/mol. The molecular formula is C18H21N. The molecule has 1 atom stereocenters. The minimum absolute atomic E-state index is 0.109. The van der Waals surface area contributed by atoms with Crippen LogP contribution in [0.25, 0.3) is 11.1 Å². The molecule has 2 aromatic rings. The summed E-state index contributed by atoms with van der Waals surface area (Å²) < 4.78 is 0. The minimum Gasteiger partial charge on any atom is -0.324 e. The molecule has 0 amide bonds. The molecule has 0 saturated heterocycles. The average Bonchev–Trinajstić information content (AvgIpc) is 2.47. The van der Waals surface area contributed by atoms with Gasteiger partial charge >= 0.3 is 0 Å². The van der Waals surface area contributed by atoms with Gasteiger partial charge in [-0.3, -0.25) is 0 Å². The topological polar surface area (TPSA) is 26.0 Å². The molecule has 2 aromatic carbocycles. The zero-order valence-electron chi connectivity index (χ0n) is 11.5. The van der Waals surface area contributed by atoms with Gasteiger partial charge in [0.2, 0.25) is 0 Å². The van der Waals surface area contributed by atoms with Crippen molar-refractivity contribution in [3.05, 3.63) is 59.2 Å². The predicted molar refractivity (Wildman–Crippen MR) is 81.1 cm³/mol. The Hall–Kier alpha value is -1.60. The largest absolute Gasteiger partial charge is 0.324 e. The smallest absolute Gasteiger partial charge is 0.0266 e. The van der Waals surface area contributed by atoms with Crippen molar-refractivity contribution in [1.29, 1.82) is 0 Å². The molecule has 2 N–H and O–H groups in total. The third-order valence-corrected chi connectivity index (χ3v) is 4.12. The van der Waals surface area contributed by atoms with Crippen LogP contribution in [0.4, 0.5) is 0 Å². The van der Waals surface area contributed by atoms with Crippen LogP contribution in [0.15, 0.2) is 42.5 Å². The number of rotatable bonds is 2. The maximum absolute atomic E-state index is 5.89. The minimum atomic E-state index is 0.109. The SMILES string of the molecule is CC(N)c1ccc(-c2ccc3c(c2)CCCC3)cc1. The highest BCUT2D eigenvalue weighted by atomic mass is 14.6. The van der Waals surface area contributed by atoms with Crippen molar-refractivity contribution in [1.82, 2.24) is 0 Å². The van der Waals surface area contributed by atoms with Crippen molar-refractivity contribution >= 4 is 0 Å². The van der Waals surface area contributed by atoms with Crippen molar-refractivity contribution in [3.63, 3.8) is 0 Å². The van der Waals surface area contributed by atoms with Crippen LogP contribution in [0.3, 0.4) is 0 Å². The van der Waals surface area contributed by atoms with Gasteiger partial charge in [0.05, 0.1) is 0 Å². The summed E-state index contributed by atoms with van der Waals surface area (Å²) in [5.41, 5.74) is 12.8. The van der Waals surface area contributed by atoms with Gasteiger partial charge in [0.1, 0.15) is 0 Å². The second-order valence-electron chi connectivity index (χ2n) is 5.60. The van der Waals surface area contributed by atoms with Crippen LogP contribution in [-0.2, 0) is 12.8 Å². The van der Waals surface area contributed by atoms with E-state index in [0.29, 0.717) is 0 Å².